The Hall–Kier alpha value is -1.03. The summed E-state index contributed by atoms with van der Waals surface area (Å²) in [6, 6.07) is 13.5. The van der Waals surface area contributed by atoms with Crippen molar-refractivity contribution in [2.75, 3.05) is 7.11 Å². The Kier molecular flexibility index (Phi) is 4.53. The van der Waals surface area contributed by atoms with Crippen LogP contribution in [-0.4, -0.2) is 13.2 Å². The Bertz CT molecular complexity index is 606. The zero-order valence-corrected chi connectivity index (χ0v) is 13.9. The number of thiophene rings is 1. The highest BCUT2D eigenvalue weighted by Gasteiger charge is 2.31. The van der Waals surface area contributed by atoms with E-state index < -0.39 is 0 Å². The van der Waals surface area contributed by atoms with Crippen LogP contribution >= 0.6 is 22.9 Å². The molecule has 1 aliphatic rings. The molecule has 0 saturated heterocycles. The van der Waals surface area contributed by atoms with Gasteiger partial charge in [0.25, 0.3) is 0 Å². The third-order valence-electron chi connectivity index (χ3n) is 4.21. The lowest BCUT2D eigenvalue weighted by atomic mass is 9.75. The smallest absolute Gasteiger partial charge is 0.119 e. The molecule has 0 amide bonds. The van der Waals surface area contributed by atoms with Gasteiger partial charge in [-0.25, -0.2) is 0 Å². The lowest BCUT2D eigenvalue weighted by Gasteiger charge is -2.38. The number of hydrogen-bond donors (Lipinski definition) is 1. The van der Waals surface area contributed by atoms with Gasteiger partial charge in [0.05, 0.1) is 11.4 Å². The third kappa shape index (κ3) is 3.42. The van der Waals surface area contributed by atoms with Gasteiger partial charge in [-0.1, -0.05) is 23.7 Å². The largest absolute Gasteiger partial charge is 0.497 e. The lowest BCUT2D eigenvalue weighted by Crippen LogP contribution is -2.41. The fourth-order valence-electron chi connectivity index (χ4n) is 2.92. The van der Waals surface area contributed by atoms with Crippen molar-refractivity contribution in [2.24, 2.45) is 0 Å². The Morgan fingerprint density at radius 1 is 1.29 bits per heavy atom. The van der Waals surface area contributed by atoms with Gasteiger partial charge in [0.1, 0.15) is 5.75 Å². The van der Waals surface area contributed by atoms with E-state index in [-0.39, 0.29) is 0 Å². The second kappa shape index (κ2) is 6.39. The summed E-state index contributed by atoms with van der Waals surface area (Å²) in [5.74, 6) is 1.60. The molecule has 1 fully saturated rings. The maximum absolute atomic E-state index is 6.00. The molecule has 1 N–H and O–H groups in total. The molecule has 1 aromatic heterocycles. The van der Waals surface area contributed by atoms with Gasteiger partial charge in [-0.05, 0) is 55.5 Å². The summed E-state index contributed by atoms with van der Waals surface area (Å²) in [5, 5.41) is 3.69. The van der Waals surface area contributed by atoms with Gasteiger partial charge >= 0.3 is 0 Å². The number of benzene rings is 1. The quantitative estimate of drug-likeness (QED) is 0.836. The molecule has 1 aliphatic carbocycles. The predicted octanol–water partition coefficient (Wildman–Crippen LogP) is 5.01. The van der Waals surface area contributed by atoms with Gasteiger partial charge < -0.3 is 10.1 Å². The summed E-state index contributed by atoms with van der Waals surface area (Å²) >= 11 is 7.66. The van der Waals surface area contributed by atoms with E-state index in [2.05, 4.69) is 36.5 Å². The van der Waals surface area contributed by atoms with Crippen molar-refractivity contribution in [3.63, 3.8) is 0 Å². The molecule has 2 aromatic rings. The molecule has 1 unspecified atom stereocenters. The van der Waals surface area contributed by atoms with Crippen LogP contribution in [0.15, 0.2) is 36.4 Å². The Balaban J connectivity index is 1.53. The van der Waals surface area contributed by atoms with Gasteiger partial charge in [0.2, 0.25) is 0 Å². The van der Waals surface area contributed by atoms with Crippen LogP contribution in [0.2, 0.25) is 4.34 Å². The van der Waals surface area contributed by atoms with Crippen LogP contribution in [0.5, 0.6) is 5.75 Å². The molecule has 0 radical (unpaired) electrons. The molecular weight excluding hydrogens is 302 g/mol. The summed E-state index contributed by atoms with van der Waals surface area (Å²) in [7, 11) is 1.72. The first-order valence-electron chi connectivity index (χ1n) is 7.31. The Morgan fingerprint density at radius 3 is 2.76 bits per heavy atom. The monoisotopic (exact) mass is 321 g/mol. The topological polar surface area (TPSA) is 21.3 Å². The maximum atomic E-state index is 6.00. The van der Waals surface area contributed by atoms with Crippen LogP contribution in [0.4, 0.5) is 0 Å². The van der Waals surface area contributed by atoms with Crippen LogP contribution in [0, 0.1) is 0 Å². The van der Waals surface area contributed by atoms with Crippen molar-refractivity contribution in [2.45, 2.75) is 37.8 Å². The SMILES string of the molecule is COc1cccc(C2CC(NC(C)c3ccc(Cl)s3)C2)c1. The summed E-state index contributed by atoms with van der Waals surface area (Å²) in [5.41, 5.74) is 1.39. The number of nitrogens with one attached hydrogen (secondary N) is 1. The third-order valence-corrected chi connectivity index (χ3v) is 5.62. The molecule has 0 bridgehead atoms. The fraction of sp³-hybridized carbons (Fsp3) is 0.412. The van der Waals surface area contributed by atoms with E-state index in [1.54, 1.807) is 18.4 Å². The highest BCUT2D eigenvalue weighted by atomic mass is 35.5. The number of halogens is 1. The number of rotatable bonds is 5. The Morgan fingerprint density at radius 2 is 2.10 bits per heavy atom. The van der Waals surface area contributed by atoms with Gasteiger partial charge in [-0.15, -0.1) is 11.3 Å². The van der Waals surface area contributed by atoms with Crippen LogP contribution in [-0.2, 0) is 0 Å². The number of hydrogen-bond acceptors (Lipinski definition) is 3. The molecule has 3 rings (SSSR count). The molecule has 2 nitrogen and oxygen atoms in total. The molecule has 1 aromatic carbocycles. The number of ether oxygens (including phenoxy) is 1. The average Bonchev–Trinajstić information content (AvgIpc) is 2.89. The van der Waals surface area contributed by atoms with Crippen LogP contribution in [0.1, 0.15) is 42.2 Å². The van der Waals surface area contributed by atoms with E-state index in [0.717, 1.165) is 10.1 Å². The van der Waals surface area contributed by atoms with Crippen molar-refractivity contribution >= 4 is 22.9 Å². The summed E-state index contributed by atoms with van der Waals surface area (Å²) in [4.78, 5) is 1.31. The standard InChI is InChI=1S/C17H20ClNOS/c1-11(16-6-7-17(18)21-16)19-14-8-13(9-14)12-4-3-5-15(10-12)20-2/h3-7,10-11,13-14,19H,8-9H2,1-2H3. The fourth-order valence-corrected chi connectivity index (χ4v) is 3.99. The molecule has 4 heteroatoms. The van der Waals surface area contributed by atoms with Crippen LogP contribution in [0.25, 0.3) is 0 Å². The first-order chi connectivity index (χ1) is 10.2. The molecule has 21 heavy (non-hydrogen) atoms. The predicted molar refractivity (Wildman–Crippen MR) is 89.6 cm³/mol. The highest BCUT2D eigenvalue weighted by molar-refractivity contribution is 7.16. The second-order valence-corrected chi connectivity index (χ2v) is 7.42. The van der Waals surface area contributed by atoms with Gasteiger partial charge in [0.15, 0.2) is 0 Å². The first kappa shape index (κ1) is 14.9. The summed E-state index contributed by atoms with van der Waals surface area (Å²) in [6.07, 6.45) is 2.38. The lowest BCUT2D eigenvalue weighted by molar-refractivity contribution is 0.271. The molecule has 1 atom stereocenters. The van der Waals surface area contributed by atoms with Crippen molar-refractivity contribution < 1.29 is 4.74 Å². The van der Waals surface area contributed by atoms with E-state index >= 15 is 0 Å². The van der Waals surface area contributed by atoms with Crippen molar-refractivity contribution in [3.05, 3.63) is 51.2 Å². The van der Waals surface area contributed by atoms with E-state index in [1.807, 2.05) is 12.1 Å². The molecule has 0 spiro atoms. The zero-order valence-electron chi connectivity index (χ0n) is 12.3. The molecule has 1 heterocycles. The minimum Gasteiger partial charge on any atom is -0.497 e. The molecule has 112 valence electrons. The van der Waals surface area contributed by atoms with E-state index in [9.17, 15) is 0 Å². The van der Waals surface area contributed by atoms with E-state index in [4.69, 9.17) is 16.3 Å². The summed E-state index contributed by atoms with van der Waals surface area (Å²) in [6.45, 7) is 2.21. The van der Waals surface area contributed by atoms with Gasteiger partial charge in [-0.3, -0.25) is 0 Å². The zero-order chi connectivity index (χ0) is 14.8. The average molecular weight is 322 g/mol. The van der Waals surface area contributed by atoms with Gasteiger partial charge in [-0.2, -0.15) is 0 Å². The minimum absolute atomic E-state index is 0.374. The van der Waals surface area contributed by atoms with Gasteiger partial charge in [0, 0.05) is 17.0 Å². The van der Waals surface area contributed by atoms with Crippen LogP contribution < -0.4 is 10.1 Å². The van der Waals surface area contributed by atoms with Crippen molar-refractivity contribution in [3.8, 4) is 5.75 Å². The summed E-state index contributed by atoms with van der Waals surface area (Å²) < 4.78 is 6.16. The van der Waals surface area contributed by atoms with Crippen molar-refractivity contribution in [1.82, 2.24) is 5.32 Å². The first-order valence-corrected chi connectivity index (χ1v) is 8.50. The van der Waals surface area contributed by atoms with E-state index in [0.29, 0.717) is 18.0 Å². The normalized spacial score (nSPS) is 22.6. The van der Waals surface area contributed by atoms with E-state index in [1.165, 1.54) is 23.3 Å². The highest BCUT2D eigenvalue weighted by Crippen LogP contribution is 2.39. The maximum Gasteiger partial charge on any atom is 0.119 e. The molecule has 0 aliphatic heterocycles. The van der Waals surface area contributed by atoms with Crippen molar-refractivity contribution in [1.29, 1.82) is 0 Å². The second-order valence-electron chi connectivity index (χ2n) is 5.67. The number of methoxy groups -OCH3 is 1. The molecular formula is C17H20ClNOS. The molecule has 1 saturated carbocycles. The minimum atomic E-state index is 0.374. The Labute approximate surface area is 135 Å². The van der Waals surface area contributed by atoms with Crippen LogP contribution in [0.3, 0.4) is 0 Å².